The second-order valence-electron chi connectivity index (χ2n) is 9.95. The van der Waals surface area contributed by atoms with Crippen LogP contribution in [0.2, 0.25) is 0 Å². The van der Waals surface area contributed by atoms with Gasteiger partial charge >= 0.3 is 0 Å². The number of aliphatic imine (C=N–C) groups is 1. The van der Waals surface area contributed by atoms with Gasteiger partial charge in [0.2, 0.25) is 0 Å². The van der Waals surface area contributed by atoms with Crippen LogP contribution < -0.4 is 26.8 Å². The number of guanidine groups is 1. The molecule has 1 amide bonds. The molecule has 2 aromatic carbocycles. The molecule has 0 fully saturated rings. The van der Waals surface area contributed by atoms with Crippen LogP contribution in [0.1, 0.15) is 74.9 Å². The number of rotatable bonds is 14. The summed E-state index contributed by atoms with van der Waals surface area (Å²) in [6, 6.07) is 10.5. The topological polar surface area (TPSA) is 115 Å². The number of nitrogens with one attached hydrogen (secondary N) is 2. The van der Waals surface area contributed by atoms with Crippen molar-refractivity contribution in [2.24, 2.45) is 22.4 Å². The Morgan fingerprint density at radius 1 is 1.13 bits per heavy atom. The van der Waals surface area contributed by atoms with Crippen molar-refractivity contribution < 1.29 is 13.9 Å². The number of methoxy groups -OCH3 is 1. The average molecular weight is 609 g/mol. The van der Waals surface area contributed by atoms with Crippen molar-refractivity contribution in [2.75, 3.05) is 26.7 Å². The Morgan fingerprint density at radius 2 is 1.85 bits per heavy atom. The van der Waals surface area contributed by atoms with Crippen LogP contribution in [0.3, 0.4) is 0 Å². The first-order valence-electron chi connectivity index (χ1n) is 13.8. The van der Waals surface area contributed by atoms with E-state index >= 15 is 0 Å². The van der Waals surface area contributed by atoms with Crippen molar-refractivity contribution in [1.29, 1.82) is 0 Å². The van der Waals surface area contributed by atoms with Gasteiger partial charge in [-0.05, 0) is 93.0 Å². The van der Waals surface area contributed by atoms with Crippen LogP contribution in [0, 0.1) is 11.7 Å². The van der Waals surface area contributed by atoms with Gasteiger partial charge in [-0.25, -0.2) is 4.39 Å². The van der Waals surface area contributed by atoms with Crippen LogP contribution >= 0.6 is 15.9 Å². The number of benzene rings is 2. The standard InChI is InChI=1S/C27H38BrFN4O2.C3H9N/c1-4-19(2)14-17-31-15-5-6-16-32-27(30)33-26(34)23-8-7-9-24(29)22(23)12-10-20-18-21(28)11-13-25(20)35-3;1-3(2)4/h7-9,11,13,18-19,31H,4-6,10,12,14-17H2,1-3H3,(H3,30,32,33,34);3H,4H2,1-2H3. The summed E-state index contributed by atoms with van der Waals surface area (Å²) in [7, 11) is 1.60. The molecule has 2 rings (SSSR count). The lowest BCUT2D eigenvalue weighted by atomic mass is 9.98. The minimum absolute atomic E-state index is 0.0450. The molecule has 0 aliphatic heterocycles. The smallest absolute Gasteiger partial charge is 0.258 e. The predicted molar refractivity (Wildman–Crippen MR) is 164 cm³/mol. The summed E-state index contributed by atoms with van der Waals surface area (Å²) in [4.78, 5) is 17.1. The van der Waals surface area contributed by atoms with Gasteiger partial charge in [0.15, 0.2) is 5.96 Å². The largest absolute Gasteiger partial charge is 0.496 e. The van der Waals surface area contributed by atoms with Gasteiger partial charge in [-0.2, -0.15) is 0 Å². The molecule has 0 saturated heterocycles. The SMILES string of the molecule is CC(C)N.CCC(C)CCNCCCCN=C(N)NC(=O)c1cccc(F)c1CCc1cc(Br)ccc1OC. The fraction of sp³-hybridized carbons (Fsp3) is 0.533. The Balaban J connectivity index is 0.00000177. The summed E-state index contributed by atoms with van der Waals surface area (Å²) >= 11 is 3.46. The van der Waals surface area contributed by atoms with E-state index in [0.717, 1.165) is 47.6 Å². The fourth-order valence-corrected chi connectivity index (χ4v) is 4.10. The number of carbonyl (C=O) groups is 1. The van der Waals surface area contributed by atoms with Gasteiger partial charge in [0.25, 0.3) is 5.91 Å². The van der Waals surface area contributed by atoms with E-state index in [1.165, 1.54) is 25.0 Å². The number of carbonyl (C=O) groups excluding carboxylic acids is 1. The van der Waals surface area contributed by atoms with Crippen molar-refractivity contribution in [1.82, 2.24) is 10.6 Å². The zero-order valence-electron chi connectivity index (χ0n) is 24.2. The van der Waals surface area contributed by atoms with E-state index < -0.39 is 11.7 Å². The average Bonchev–Trinajstić information content (AvgIpc) is 2.88. The minimum atomic E-state index is -0.464. The van der Waals surface area contributed by atoms with E-state index in [2.05, 4.69) is 45.4 Å². The molecule has 9 heteroatoms. The second-order valence-corrected chi connectivity index (χ2v) is 10.9. The third kappa shape index (κ3) is 14.5. The number of ether oxygens (including phenoxy) is 1. The molecule has 1 atom stereocenters. The number of hydrogen-bond donors (Lipinski definition) is 4. The lowest BCUT2D eigenvalue weighted by Crippen LogP contribution is -2.37. The maximum atomic E-state index is 14.7. The third-order valence-electron chi connectivity index (χ3n) is 6.05. The van der Waals surface area contributed by atoms with Crippen molar-refractivity contribution in [3.63, 3.8) is 0 Å². The van der Waals surface area contributed by atoms with Gasteiger partial charge in [0, 0.05) is 22.1 Å². The lowest BCUT2D eigenvalue weighted by molar-refractivity contribution is 0.0975. The van der Waals surface area contributed by atoms with Crippen LogP contribution in [0.25, 0.3) is 0 Å². The number of amides is 1. The van der Waals surface area contributed by atoms with E-state index in [9.17, 15) is 9.18 Å². The molecule has 218 valence electrons. The molecule has 0 heterocycles. The molecular formula is C30H47BrFN5O2. The van der Waals surface area contributed by atoms with E-state index in [1.54, 1.807) is 13.2 Å². The van der Waals surface area contributed by atoms with Crippen LogP contribution in [-0.2, 0) is 12.8 Å². The molecule has 7 nitrogen and oxygen atoms in total. The van der Waals surface area contributed by atoms with Crippen LogP contribution in [-0.4, -0.2) is 44.7 Å². The van der Waals surface area contributed by atoms with Gasteiger partial charge in [-0.3, -0.25) is 15.1 Å². The molecular weight excluding hydrogens is 561 g/mol. The van der Waals surface area contributed by atoms with Crippen LogP contribution in [0.4, 0.5) is 4.39 Å². The maximum Gasteiger partial charge on any atom is 0.258 e. The van der Waals surface area contributed by atoms with Crippen molar-refractivity contribution in [3.05, 3.63) is 63.4 Å². The summed E-state index contributed by atoms with van der Waals surface area (Å²) < 4.78 is 21.0. The highest BCUT2D eigenvalue weighted by molar-refractivity contribution is 9.10. The number of unbranched alkanes of at least 4 members (excludes halogenated alkanes) is 1. The molecule has 0 saturated carbocycles. The molecule has 1 unspecified atom stereocenters. The third-order valence-corrected chi connectivity index (χ3v) is 6.54. The number of nitrogens with two attached hydrogens (primary N) is 2. The second kappa shape index (κ2) is 19.6. The molecule has 6 N–H and O–H groups in total. The quantitative estimate of drug-likeness (QED) is 0.127. The summed E-state index contributed by atoms with van der Waals surface area (Å²) in [5, 5.41) is 6.04. The monoisotopic (exact) mass is 607 g/mol. The van der Waals surface area contributed by atoms with Crippen LogP contribution in [0.5, 0.6) is 5.75 Å². The van der Waals surface area contributed by atoms with E-state index in [-0.39, 0.29) is 11.5 Å². The summed E-state index contributed by atoms with van der Waals surface area (Å²) in [5.41, 5.74) is 12.5. The molecule has 0 spiro atoms. The highest BCUT2D eigenvalue weighted by Gasteiger charge is 2.17. The Labute approximate surface area is 242 Å². The van der Waals surface area contributed by atoms with Gasteiger partial charge in [-0.1, -0.05) is 56.1 Å². The van der Waals surface area contributed by atoms with Gasteiger partial charge in [0.05, 0.1) is 7.11 Å². The normalized spacial score (nSPS) is 12.1. The number of halogens is 2. The maximum absolute atomic E-state index is 14.7. The highest BCUT2D eigenvalue weighted by atomic mass is 79.9. The molecule has 0 aliphatic carbocycles. The highest BCUT2D eigenvalue weighted by Crippen LogP contribution is 2.25. The summed E-state index contributed by atoms with van der Waals surface area (Å²) in [6.45, 7) is 10.9. The van der Waals surface area contributed by atoms with Gasteiger partial charge in [-0.15, -0.1) is 0 Å². The number of nitrogens with zero attached hydrogens (tertiary/aromatic N) is 1. The fourth-order valence-electron chi connectivity index (χ4n) is 3.69. The van der Waals surface area contributed by atoms with Crippen molar-refractivity contribution in [2.45, 2.75) is 72.3 Å². The molecule has 0 aliphatic rings. The summed E-state index contributed by atoms with van der Waals surface area (Å²) in [6.07, 6.45) is 5.09. The van der Waals surface area contributed by atoms with Crippen LogP contribution in [0.15, 0.2) is 45.9 Å². The minimum Gasteiger partial charge on any atom is -0.496 e. The van der Waals surface area contributed by atoms with Crippen molar-refractivity contribution in [3.8, 4) is 5.75 Å². The zero-order chi connectivity index (χ0) is 29.2. The summed E-state index contributed by atoms with van der Waals surface area (Å²) in [5.74, 6) is 0.621. The number of hydrogen-bond acceptors (Lipinski definition) is 5. The predicted octanol–water partition coefficient (Wildman–Crippen LogP) is 5.59. The lowest BCUT2D eigenvalue weighted by Gasteiger charge is -2.13. The van der Waals surface area contributed by atoms with Gasteiger partial charge < -0.3 is 21.5 Å². The van der Waals surface area contributed by atoms with E-state index in [4.69, 9.17) is 16.2 Å². The Hall–Kier alpha value is -2.49. The number of aryl methyl sites for hydroxylation is 1. The Bertz CT molecular complexity index is 1030. The molecule has 0 aromatic heterocycles. The molecule has 0 bridgehead atoms. The van der Waals surface area contributed by atoms with Gasteiger partial charge in [0.1, 0.15) is 11.6 Å². The molecule has 0 radical (unpaired) electrons. The molecule has 39 heavy (non-hydrogen) atoms. The Kier molecular flexibility index (Phi) is 17.3. The first-order chi connectivity index (χ1) is 18.6. The first-order valence-corrected chi connectivity index (χ1v) is 14.6. The zero-order valence-corrected chi connectivity index (χ0v) is 25.7. The van der Waals surface area contributed by atoms with E-state index in [1.807, 2.05) is 32.0 Å². The van der Waals surface area contributed by atoms with E-state index in [0.29, 0.717) is 31.0 Å². The Morgan fingerprint density at radius 3 is 2.51 bits per heavy atom. The van der Waals surface area contributed by atoms with Crippen molar-refractivity contribution >= 4 is 27.8 Å². The molecule has 2 aromatic rings. The first kappa shape index (κ1) is 34.5.